The number of nitrogens with zero attached hydrogens (tertiary/aromatic N) is 1. The predicted octanol–water partition coefficient (Wildman–Crippen LogP) is 19.5. The number of unbranched alkanes of at least 4 members (excludes halogenated alkanes) is 28. The third kappa shape index (κ3) is 74.6. The number of rotatable bonds is 69. The van der Waals surface area contributed by atoms with E-state index in [9.17, 15) is 39.1 Å². The Bertz CT molecular complexity index is 2030. The van der Waals surface area contributed by atoms with E-state index in [1.54, 1.807) is 26.8 Å². The van der Waals surface area contributed by atoms with Crippen LogP contribution in [0, 0.1) is 0 Å². The van der Waals surface area contributed by atoms with Gasteiger partial charge < -0.3 is 64.6 Å². The molecule has 7 N–H and O–H groups in total. The molecule has 0 heterocycles. The zero-order valence-corrected chi connectivity index (χ0v) is 70.6. The highest BCUT2D eigenvalue weighted by Gasteiger charge is 2.30. The van der Waals surface area contributed by atoms with Crippen LogP contribution < -0.4 is 21.3 Å². The van der Waals surface area contributed by atoms with Gasteiger partial charge in [0, 0.05) is 51.2 Å². The highest BCUT2D eigenvalue weighted by molar-refractivity contribution is 7.48. The molecule has 0 aliphatic carbocycles. The largest absolute Gasteiger partial charge is 0.475 e. The zero-order chi connectivity index (χ0) is 78.4. The molecule has 0 aliphatic rings. The zero-order valence-electron chi connectivity index (χ0n) is 68.8. The molecule has 0 aromatic carbocycles. The van der Waals surface area contributed by atoms with E-state index in [1.165, 1.54) is 160 Å². The number of nitrogens with one attached hydrogen (secondary N) is 4. The first kappa shape index (κ1) is 105. The number of ether oxygens (including phenoxy) is 4. The number of aliphatic hydroxyl groups excluding tert-OH is 3. The number of hydrogen-bond donors (Lipinski definition) is 7. The van der Waals surface area contributed by atoms with Crippen LogP contribution in [0.2, 0.25) is 0 Å². The summed E-state index contributed by atoms with van der Waals surface area (Å²) in [5.74, 6) is -0.139. The van der Waals surface area contributed by atoms with Crippen LogP contribution >= 0.6 is 16.3 Å². The van der Waals surface area contributed by atoms with Gasteiger partial charge in [-0.25, -0.2) is 18.8 Å². The Labute approximate surface area is 636 Å². The van der Waals surface area contributed by atoms with Crippen LogP contribution in [-0.4, -0.2) is 171 Å². The average Bonchev–Trinajstić information content (AvgIpc) is 0.889. The van der Waals surface area contributed by atoms with Crippen LogP contribution in [0.5, 0.6) is 0 Å². The topological polar surface area (TPSA) is 280 Å². The molecule has 24 heteroatoms. The van der Waals surface area contributed by atoms with Crippen LogP contribution in [0.15, 0.2) is 25.3 Å². The fourth-order valence-electron chi connectivity index (χ4n) is 10.8. The highest BCUT2D eigenvalue weighted by Crippen LogP contribution is 2.49. The van der Waals surface area contributed by atoms with Gasteiger partial charge in [-0.2, -0.15) is 0 Å². The minimum absolute atomic E-state index is 0.00399. The van der Waals surface area contributed by atoms with Crippen molar-refractivity contribution in [1.29, 1.82) is 0 Å². The molecule has 0 aliphatic heterocycles. The van der Waals surface area contributed by atoms with E-state index >= 15 is 0 Å². The Morgan fingerprint density at radius 3 is 1.17 bits per heavy atom. The van der Waals surface area contributed by atoms with Crippen molar-refractivity contribution in [3.05, 3.63) is 25.3 Å². The first-order valence-corrected chi connectivity index (χ1v) is 43.5. The molecular formula is C80H161N5O17P2. The standard InChI is InChI=1S/C37H73N2O9P.C27H55NO4.C16H33N2O4P/c1-7-10-12-14-15-16-17-18-19-21-23-25-35(41)39-33(31-44-29-26-34(40)24-22-20-13-11-8-2)32-47-49(43,45-28-9-3)46-30-27-38-36(42)48-37(4,5)6;1-3-5-7-9-10-11-12-13-14-16-18-20-27(31)28-25(23-29)24-32-22-21-26(30)19-17-15-8-6-4-2;1-9-11-20-23(18(13(2)3)14(4)5)21-12-10-17-15(19)22-16(6,7)8/h9,33-34,40H,3,7-8,10-32H2,1-2,4-6H3,(H,38,42)(H,39,41);25-26,29-30H,3-24H2,1-2H3,(H,28,31);9,13-14H,1,10-12H2,2-8H3,(H,17,19)/t33-,34-,49?;25-,26+;/m10./s1. The van der Waals surface area contributed by atoms with E-state index in [0.717, 1.165) is 64.2 Å². The van der Waals surface area contributed by atoms with Crippen molar-refractivity contribution < 1.29 is 80.6 Å². The lowest BCUT2D eigenvalue weighted by Crippen LogP contribution is -2.41. The van der Waals surface area contributed by atoms with E-state index in [1.807, 2.05) is 20.8 Å². The third-order valence-electron chi connectivity index (χ3n) is 16.4. The number of alkyl carbamates (subject to hydrolysis) is 2. The van der Waals surface area contributed by atoms with Gasteiger partial charge in [0.05, 0.1) is 77.1 Å². The monoisotopic (exact) mass is 1530 g/mol. The van der Waals surface area contributed by atoms with Gasteiger partial charge in [-0.15, -0.1) is 13.2 Å². The van der Waals surface area contributed by atoms with Gasteiger partial charge in [-0.1, -0.05) is 232 Å². The molecule has 0 saturated carbocycles. The summed E-state index contributed by atoms with van der Waals surface area (Å²) < 4.78 is 65.4. The molecular weight excluding hydrogens is 1360 g/mol. The number of amides is 4. The van der Waals surface area contributed by atoms with Crippen molar-refractivity contribution in [2.75, 3.05) is 79.2 Å². The molecule has 6 atom stereocenters. The lowest BCUT2D eigenvalue weighted by molar-refractivity contribution is -0.123. The average molecular weight is 1530 g/mol. The van der Waals surface area contributed by atoms with Crippen LogP contribution in [0.1, 0.15) is 341 Å². The Kier molecular flexibility index (Phi) is 74.0. The molecule has 4 amide bonds. The van der Waals surface area contributed by atoms with Gasteiger partial charge in [-0.3, -0.25) is 23.2 Å². The minimum Gasteiger partial charge on any atom is -0.444 e. The molecule has 0 saturated heterocycles. The Morgan fingerprint density at radius 1 is 0.452 bits per heavy atom. The molecule has 0 bridgehead atoms. The van der Waals surface area contributed by atoms with Crippen molar-refractivity contribution >= 4 is 40.3 Å². The number of carbonyl (C=O) groups excluding carboxylic acids is 4. The lowest BCUT2D eigenvalue weighted by atomic mass is 10.1. The first-order chi connectivity index (χ1) is 49.7. The van der Waals surface area contributed by atoms with Crippen molar-refractivity contribution in [2.24, 2.45) is 0 Å². The molecule has 0 spiro atoms. The van der Waals surface area contributed by atoms with Gasteiger partial charge in [-0.05, 0) is 108 Å². The molecule has 2 unspecified atom stereocenters. The van der Waals surface area contributed by atoms with E-state index < -0.39 is 51.9 Å². The molecule has 104 heavy (non-hydrogen) atoms. The second kappa shape index (κ2) is 73.0. The molecule has 0 aromatic rings. The maximum absolute atomic E-state index is 13.4. The number of phosphoric ester groups is 1. The van der Waals surface area contributed by atoms with Gasteiger partial charge in [0.2, 0.25) is 11.8 Å². The van der Waals surface area contributed by atoms with Gasteiger partial charge in [0.25, 0.3) is 8.53 Å². The van der Waals surface area contributed by atoms with Crippen LogP contribution in [-0.2, 0) is 55.7 Å². The molecule has 0 fully saturated rings. The quantitative estimate of drug-likeness (QED) is 0.0169. The number of hydrogen-bond acceptors (Lipinski definition) is 18. The Hall–Kier alpha value is -2.82. The molecule has 0 radical (unpaired) electrons. The summed E-state index contributed by atoms with van der Waals surface area (Å²) in [5.41, 5.74) is -1.16. The number of phosphoric acid groups is 1. The molecule has 618 valence electrons. The van der Waals surface area contributed by atoms with Crippen molar-refractivity contribution in [3.8, 4) is 0 Å². The highest BCUT2D eigenvalue weighted by atomic mass is 31.2. The predicted molar refractivity (Wildman–Crippen MR) is 428 cm³/mol. The molecule has 0 rings (SSSR count). The Balaban J connectivity index is -0.00000159. The fourth-order valence-corrected chi connectivity index (χ4v) is 13.6. The van der Waals surface area contributed by atoms with Crippen LogP contribution in [0.4, 0.5) is 9.59 Å². The normalized spacial score (nSPS) is 13.7. The summed E-state index contributed by atoms with van der Waals surface area (Å²) in [7, 11) is -5.26. The van der Waals surface area contributed by atoms with Gasteiger partial charge >= 0.3 is 20.0 Å². The second-order valence-corrected chi connectivity index (χ2v) is 33.1. The summed E-state index contributed by atoms with van der Waals surface area (Å²) in [5, 5.41) is 40.9. The lowest BCUT2D eigenvalue weighted by Gasteiger charge is -2.35. The van der Waals surface area contributed by atoms with Gasteiger partial charge in [0.15, 0.2) is 0 Å². The van der Waals surface area contributed by atoms with Gasteiger partial charge in [0.1, 0.15) is 11.2 Å². The van der Waals surface area contributed by atoms with Crippen molar-refractivity contribution in [1.82, 2.24) is 25.9 Å². The number of carbonyl (C=O) groups is 4. The smallest absolute Gasteiger partial charge is 0.444 e. The van der Waals surface area contributed by atoms with Crippen molar-refractivity contribution in [2.45, 2.75) is 389 Å². The van der Waals surface area contributed by atoms with E-state index in [2.05, 4.69) is 94.5 Å². The third-order valence-corrected chi connectivity index (χ3v) is 19.9. The maximum atomic E-state index is 13.4. The Morgan fingerprint density at radius 2 is 0.808 bits per heavy atom. The summed E-state index contributed by atoms with van der Waals surface area (Å²) in [6.07, 6.45) is 43.7. The summed E-state index contributed by atoms with van der Waals surface area (Å²) in [6, 6.07) is -0.383. The SMILES string of the molecule is C=CCOP(=O)(OCCNC(=O)OC(C)(C)C)OC[C@@H](COCC[C@H](O)CCCCCCC)NC(=O)CCCCCCCCCCCCC.C=CCOP(OCCNC(=O)OC(C)(C)C)N(C(C)C)C(C)C.CCCCCCCCCCCCCC(=O)N[C@@H](CO)COCC[C@H](O)CCCCCCC. The molecule has 0 aromatic heterocycles. The first-order valence-electron chi connectivity index (χ1n) is 40.9. The summed E-state index contributed by atoms with van der Waals surface area (Å²) in [6.45, 7) is 37.1. The molecule has 22 nitrogen and oxygen atoms in total. The van der Waals surface area contributed by atoms with E-state index in [4.69, 9.17) is 41.6 Å². The fraction of sp³-hybridized carbons (Fsp3) is 0.900. The number of aliphatic hydroxyl groups is 3. The summed E-state index contributed by atoms with van der Waals surface area (Å²) >= 11 is 0. The van der Waals surface area contributed by atoms with E-state index in [0.29, 0.717) is 77.3 Å². The maximum Gasteiger partial charge on any atom is 0.475 e. The van der Waals surface area contributed by atoms with E-state index in [-0.39, 0.29) is 63.5 Å². The van der Waals surface area contributed by atoms with Crippen LogP contribution in [0.3, 0.4) is 0 Å². The van der Waals surface area contributed by atoms with Crippen molar-refractivity contribution in [3.63, 3.8) is 0 Å². The second-order valence-electron chi connectivity index (χ2n) is 30.0. The summed E-state index contributed by atoms with van der Waals surface area (Å²) in [4.78, 5) is 48.5. The van der Waals surface area contributed by atoms with Crippen LogP contribution in [0.25, 0.3) is 0 Å². The minimum atomic E-state index is -4.07.